The first-order chi connectivity index (χ1) is 11.8. The molecule has 6 nitrogen and oxygen atoms in total. The molecular formula is C17H22N6S. The van der Waals surface area contributed by atoms with Gasteiger partial charge in [-0.3, -0.25) is 4.90 Å². The Balaban J connectivity index is 1.49. The van der Waals surface area contributed by atoms with Crippen LogP contribution in [0.4, 0.5) is 5.82 Å². The molecule has 3 aromatic heterocycles. The van der Waals surface area contributed by atoms with Gasteiger partial charge in [0, 0.05) is 44.6 Å². The summed E-state index contributed by atoms with van der Waals surface area (Å²) in [5, 5.41) is 2.09. The highest BCUT2D eigenvalue weighted by Gasteiger charge is 2.26. The molecule has 126 valence electrons. The molecule has 0 N–H and O–H groups in total. The fourth-order valence-corrected chi connectivity index (χ4v) is 4.25. The molecule has 0 amide bonds. The summed E-state index contributed by atoms with van der Waals surface area (Å²) in [5.74, 6) is 2.23. The van der Waals surface area contributed by atoms with E-state index in [1.165, 1.54) is 4.70 Å². The van der Waals surface area contributed by atoms with Crippen molar-refractivity contribution >= 4 is 27.4 Å². The van der Waals surface area contributed by atoms with Crippen LogP contribution in [0, 0.1) is 0 Å². The molecule has 24 heavy (non-hydrogen) atoms. The lowest BCUT2D eigenvalue weighted by molar-refractivity contribution is 0.174. The third-order valence-electron chi connectivity index (χ3n) is 4.78. The molecule has 4 rings (SSSR count). The van der Waals surface area contributed by atoms with Gasteiger partial charge in [0.25, 0.3) is 0 Å². The number of fused-ring (bicyclic) bond motifs is 1. The van der Waals surface area contributed by atoms with Crippen molar-refractivity contribution in [3.8, 4) is 0 Å². The number of rotatable bonds is 4. The van der Waals surface area contributed by atoms with Crippen molar-refractivity contribution in [3.05, 3.63) is 36.0 Å². The van der Waals surface area contributed by atoms with Crippen molar-refractivity contribution in [2.45, 2.75) is 33.0 Å². The van der Waals surface area contributed by atoms with Gasteiger partial charge in [0.15, 0.2) is 0 Å². The molecule has 0 aliphatic carbocycles. The van der Waals surface area contributed by atoms with E-state index in [-0.39, 0.29) is 0 Å². The highest BCUT2D eigenvalue weighted by molar-refractivity contribution is 7.17. The number of thiophene rings is 1. The summed E-state index contributed by atoms with van der Waals surface area (Å²) in [6.45, 7) is 9.33. The van der Waals surface area contributed by atoms with Crippen LogP contribution in [-0.4, -0.2) is 50.1 Å². The molecule has 0 radical (unpaired) electrons. The molecule has 1 aliphatic heterocycles. The van der Waals surface area contributed by atoms with E-state index < -0.39 is 0 Å². The van der Waals surface area contributed by atoms with E-state index in [0.29, 0.717) is 6.04 Å². The van der Waals surface area contributed by atoms with Crippen molar-refractivity contribution in [2.75, 3.05) is 24.5 Å². The van der Waals surface area contributed by atoms with Crippen molar-refractivity contribution < 1.29 is 0 Å². The lowest BCUT2D eigenvalue weighted by Crippen LogP contribution is -2.52. The molecule has 0 saturated carbocycles. The first kappa shape index (κ1) is 15.5. The predicted octanol–water partition coefficient (Wildman–Crippen LogP) is 2.62. The number of hydrogen-bond donors (Lipinski definition) is 0. The van der Waals surface area contributed by atoms with E-state index in [0.717, 1.165) is 49.9 Å². The highest BCUT2D eigenvalue weighted by atomic mass is 32.1. The average Bonchev–Trinajstić information content (AvgIpc) is 3.24. The van der Waals surface area contributed by atoms with Crippen LogP contribution in [0.15, 0.2) is 30.2 Å². The largest absolute Gasteiger partial charge is 0.352 e. The monoisotopic (exact) mass is 342 g/mol. The van der Waals surface area contributed by atoms with Crippen molar-refractivity contribution in [1.29, 1.82) is 0 Å². The van der Waals surface area contributed by atoms with E-state index in [2.05, 4.69) is 60.8 Å². The minimum atomic E-state index is 0.464. The summed E-state index contributed by atoms with van der Waals surface area (Å²) in [7, 11) is 0. The maximum Gasteiger partial charge on any atom is 0.150 e. The third-order valence-corrected chi connectivity index (χ3v) is 5.68. The van der Waals surface area contributed by atoms with Crippen LogP contribution >= 0.6 is 11.3 Å². The third kappa shape index (κ3) is 2.78. The second-order valence-corrected chi connectivity index (χ2v) is 7.14. The zero-order valence-electron chi connectivity index (χ0n) is 14.1. The maximum absolute atomic E-state index is 4.56. The van der Waals surface area contributed by atoms with Gasteiger partial charge in [-0.2, -0.15) is 0 Å². The van der Waals surface area contributed by atoms with Crippen LogP contribution < -0.4 is 4.90 Å². The van der Waals surface area contributed by atoms with Gasteiger partial charge in [-0.1, -0.05) is 0 Å². The Morgan fingerprint density at radius 3 is 3.00 bits per heavy atom. The molecule has 4 heterocycles. The van der Waals surface area contributed by atoms with Gasteiger partial charge in [0.2, 0.25) is 0 Å². The first-order valence-electron chi connectivity index (χ1n) is 8.43. The van der Waals surface area contributed by atoms with E-state index in [1.54, 1.807) is 17.7 Å². The second kappa shape index (κ2) is 6.49. The van der Waals surface area contributed by atoms with Crippen LogP contribution in [-0.2, 0) is 13.1 Å². The quantitative estimate of drug-likeness (QED) is 0.729. The average molecular weight is 342 g/mol. The zero-order chi connectivity index (χ0) is 16.5. The smallest absolute Gasteiger partial charge is 0.150 e. The van der Waals surface area contributed by atoms with Gasteiger partial charge in [0.05, 0.1) is 16.8 Å². The summed E-state index contributed by atoms with van der Waals surface area (Å²) in [6, 6.07) is 2.53. The summed E-state index contributed by atoms with van der Waals surface area (Å²) in [4.78, 5) is 18.3. The minimum Gasteiger partial charge on any atom is -0.352 e. The van der Waals surface area contributed by atoms with Gasteiger partial charge in [-0.05, 0) is 25.3 Å². The van der Waals surface area contributed by atoms with E-state index >= 15 is 0 Å². The Bertz CT molecular complexity index is 825. The van der Waals surface area contributed by atoms with Crippen LogP contribution in [0.1, 0.15) is 19.7 Å². The standard InChI is InChI=1S/C17H22N6S/c1-3-21-6-5-18-15(21)11-22-7-8-23(10-13(22)2)17-16-14(4-9-24-16)19-12-20-17/h4-6,9,12-13H,3,7-8,10-11H2,1-2H3/t13-/m0/s1. The number of imidazole rings is 1. The molecule has 1 aliphatic rings. The topological polar surface area (TPSA) is 50.1 Å². The Morgan fingerprint density at radius 2 is 2.17 bits per heavy atom. The fraction of sp³-hybridized carbons (Fsp3) is 0.471. The molecule has 0 unspecified atom stereocenters. The summed E-state index contributed by atoms with van der Waals surface area (Å²) < 4.78 is 3.42. The molecule has 7 heteroatoms. The lowest BCUT2D eigenvalue weighted by atomic mass is 10.2. The Hall–Kier alpha value is -1.99. The van der Waals surface area contributed by atoms with Gasteiger partial charge >= 0.3 is 0 Å². The summed E-state index contributed by atoms with van der Waals surface area (Å²) >= 11 is 1.72. The van der Waals surface area contributed by atoms with Gasteiger partial charge in [0.1, 0.15) is 18.0 Å². The number of piperazine rings is 1. The molecule has 1 atom stereocenters. The molecule has 1 saturated heterocycles. The van der Waals surface area contributed by atoms with Gasteiger partial charge in [-0.15, -0.1) is 11.3 Å². The SMILES string of the molecule is CCn1ccnc1CN1CCN(c2ncnc3ccsc23)C[C@@H]1C. The van der Waals surface area contributed by atoms with Crippen molar-refractivity contribution in [2.24, 2.45) is 0 Å². The number of anilines is 1. The Kier molecular flexibility index (Phi) is 4.20. The second-order valence-electron chi connectivity index (χ2n) is 6.23. The van der Waals surface area contributed by atoms with Crippen LogP contribution in [0.3, 0.4) is 0 Å². The summed E-state index contributed by atoms with van der Waals surface area (Å²) in [5.41, 5.74) is 1.05. The highest BCUT2D eigenvalue weighted by Crippen LogP contribution is 2.29. The number of hydrogen-bond acceptors (Lipinski definition) is 6. The molecule has 0 spiro atoms. The Morgan fingerprint density at radius 1 is 1.25 bits per heavy atom. The number of aromatic nitrogens is 4. The van der Waals surface area contributed by atoms with E-state index in [1.807, 2.05) is 6.20 Å². The minimum absolute atomic E-state index is 0.464. The molecule has 0 aromatic carbocycles. The van der Waals surface area contributed by atoms with Crippen LogP contribution in [0.25, 0.3) is 10.2 Å². The molecular weight excluding hydrogens is 320 g/mol. The zero-order valence-corrected chi connectivity index (χ0v) is 14.9. The normalized spacial score (nSPS) is 19.2. The number of nitrogens with zero attached hydrogens (tertiary/aromatic N) is 6. The first-order valence-corrected chi connectivity index (χ1v) is 9.31. The summed E-state index contributed by atoms with van der Waals surface area (Å²) in [6.07, 6.45) is 5.64. The maximum atomic E-state index is 4.56. The Labute approximate surface area is 145 Å². The lowest BCUT2D eigenvalue weighted by Gasteiger charge is -2.40. The molecule has 1 fully saturated rings. The van der Waals surface area contributed by atoms with Crippen LogP contribution in [0.5, 0.6) is 0 Å². The van der Waals surface area contributed by atoms with Crippen LogP contribution in [0.2, 0.25) is 0 Å². The van der Waals surface area contributed by atoms with E-state index in [9.17, 15) is 0 Å². The number of aryl methyl sites for hydroxylation is 1. The fourth-order valence-electron chi connectivity index (χ4n) is 3.38. The predicted molar refractivity (Wildman–Crippen MR) is 97.4 cm³/mol. The van der Waals surface area contributed by atoms with Crippen molar-refractivity contribution in [3.63, 3.8) is 0 Å². The van der Waals surface area contributed by atoms with Gasteiger partial charge in [-0.25, -0.2) is 15.0 Å². The van der Waals surface area contributed by atoms with Gasteiger partial charge < -0.3 is 9.47 Å². The molecule has 3 aromatic rings. The van der Waals surface area contributed by atoms with Crippen molar-refractivity contribution in [1.82, 2.24) is 24.4 Å². The molecule has 0 bridgehead atoms. The van der Waals surface area contributed by atoms with E-state index in [4.69, 9.17) is 0 Å².